The Bertz CT molecular complexity index is 689. The van der Waals surface area contributed by atoms with E-state index in [2.05, 4.69) is 10.3 Å². The van der Waals surface area contributed by atoms with E-state index in [1.165, 1.54) is 23.5 Å². The molecule has 0 saturated heterocycles. The number of benzene rings is 1. The number of nitrogens with two attached hydrogens (primary N) is 1. The predicted octanol–water partition coefficient (Wildman–Crippen LogP) is 3.57. The van der Waals surface area contributed by atoms with E-state index in [0.29, 0.717) is 23.0 Å². The number of hydrogen-bond donors (Lipinski definition) is 2. The summed E-state index contributed by atoms with van der Waals surface area (Å²) in [4.78, 5) is 17.4. The van der Waals surface area contributed by atoms with Crippen molar-refractivity contribution in [3.8, 4) is 10.6 Å². The number of halogens is 3. The van der Waals surface area contributed by atoms with Crippen LogP contribution in [0.25, 0.3) is 10.6 Å². The first-order chi connectivity index (χ1) is 10.6. The van der Waals surface area contributed by atoms with Crippen molar-refractivity contribution in [3.05, 3.63) is 40.7 Å². The minimum Gasteiger partial charge on any atom is -0.347 e. The number of carbonyl (C=O) groups is 1. The van der Waals surface area contributed by atoms with Crippen LogP contribution in [0.3, 0.4) is 0 Å². The molecular formula is C16H20Cl2FN3OS. The monoisotopic (exact) mass is 391 g/mol. The third-order valence-corrected chi connectivity index (χ3v) is 5.06. The summed E-state index contributed by atoms with van der Waals surface area (Å²) < 4.78 is 13.0. The molecule has 1 saturated carbocycles. The average molecular weight is 392 g/mol. The second kappa shape index (κ2) is 8.76. The Balaban J connectivity index is 0.00000144. The number of nitrogens with zero attached hydrogens (tertiary/aromatic N) is 1. The highest BCUT2D eigenvalue weighted by molar-refractivity contribution is 7.17. The summed E-state index contributed by atoms with van der Waals surface area (Å²) in [6.45, 7) is 2.27. The molecule has 3 rings (SSSR count). The van der Waals surface area contributed by atoms with Gasteiger partial charge < -0.3 is 11.1 Å². The molecule has 1 aromatic carbocycles. The fraction of sp³-hybridized carbons (Fsp3) is 0.375. The highest BCUT2D eigenvalue weighted by Crippen LogP contribution is 2.33. The second-order valence-corrected chi connectivity index (χ2v) is 6.59. The zero-order chi connectivity index (χ0) is 15.7. The number of hydrogen-bond acceptors (Lipinski definition) is 4. The maximum absolute atomic E-state index is 13.0. The van der Waals surface area contributed by atoms with Crippen LogP contribution >= 0.6 is 36.2 Å². The van der Waals surface area contributed by atoms with Gasteiger partial charge in [0.2, 0.25) is 0 Å². The summed E-state index contributed by atoms with van der Waals surface area (Å²) in [6.07, 6.45) is 2.26. The van der Waals surface area contributed by atoms with Crippen LogP contribution in [-0.2, 0) is 0 Å². The van der Waals surface area contributed by atoms with Crippen LogP contribution in [0.2, 0.25) is 0 Å². The van der Waals surface area contributed by atoms with E-state index in [-0.39, 0.29) is 42.6 Å². The molecule has 24 heavy (non-hydrogen) atoms. The summed E-state index contributed by atoms with van der Waals surface area (Å²) in [6, 6.07) is 6.17. The molecule has 132 valence electrons. The standard InChI is InChI=1S/C16H18FN3OS.2ClH/c1-9-14(15(21)20-13(8-18)10-2-3-10)22-16(19-9)11-4-6-12(17)7-5-11;;/h4-7,10,13H,2-3,8,18H2,1H3,(H,20,21);2*1H. The molecule has 0 aliphatic heterocycles. The minimum absolute atomic E-state index is 0. The first-order valence-electron chi connectivity index (χ1n) is 7.32. The normalized spacial score (nSPS) is 14.3. The number of nitrogens with one attached hydrogen (secondary N) is 1. The third-order valence-electron chi connectivity index (χ3n) is 3.86. The summed E-state index contributed by atoms with van der Waals surface area (Å²) in [5.74, 6) is 0.106. The van der Waals surface area contributed by atoms with Crippen molar-refractivity contribution in [2.75, 3.05) is 6.54 Å². The lowest BCUT2D eigenvalue weighted by Gasteiger charge is -2.15. The largest absolute Gasteiger partial charge is 0.347 e. The summed E-state index contributed by atoms with van der Waals surface area (Å²) in [7, 11) is 0. The van der Waals surface area contributed by atoms with Crippen molar-refractivity contribution in [1.29, 1.82) is 0 Å². The molecule has 8 heteroatoms. The summed E-state index contributed by atoms with van der Waals surface area (Å²) >= 11 is 1.32. The van der Waals surface area contributed by atoms with E-state index in [9.17, 15) is 9.18 Å². The maximum Gasteiger partial charge on any atom is 0.263 e. The van der Waals surface area contributed by atoms with E-state index in [4.69, 9.17) is 5.73 Å². The molecule has 0 bridgehead atoms. The molecule has 4 nitrogen and oxygen atoms in total. The zero-order valence-corrected chi connectivity index (χ0v) is 15.6. The van der Waals surface area contributed by atoms with Gasteiger partial charge in [0.1, 0.15) is 15.7 Å². The van der Waals surface area contributed by atoms with Crippen molar-refractivity contribution in [2.45, 2.75) is 25.8 Å². The van der Waals surface area contributed by atoms with Crippen LogP contribution in [0.1, 0.15) is 28.2 Å². The van der Waals surface area contributed by atoms with Gasteiger partial charge >= 0.3 is 0 Å². The fourth-order valence-corrected chi connectivity index (χ4v) is 3.40. The minimum atomic E-state index is -0.287. The van der Waals surface area contributed by atoms with Gasteiger partial charge in [0.05, 0.1) is 5.69 Å². The molecule has 1 amide bonds. The van der Waals surface area contributed by atoms with Crippen molar-refractivity contribution < 1.29 is 9.18 Å². The van der Waals surface area contributed by atoms with Crippen molar-refractivity contribution in [3.63, 3.8) is 0 Å². The molecule has 0 spiro atoms. The van der Waals surface area contributed by atoms with Crippen LogP contribution in [0, 0.1) is 18.7 Å². The molecule has 0 radical (unpaired) electrons. The lowest BCUT2D eigenvalue weighted by molar-refractivity contribution is 0.0937. The topological polar surface area (TPSA) is 68.0 Å². The molecule has 1 heterocycles. The number of thiazole rings is 1. The van der Waals surface area contributed by atoms with Crippen LogP contribution in [-0.4, -0.2) is 23.5 Å². The van der Waals surface area contributed by atoms with Crippen molar-refractivity contribution >= 4 is 42.1 Å². The molecule has 2 aromatic rings. The molecule has 1 aromatic heterocycles. The quantitative estimate of drug-likeness (QED) is 0.818. The number of amides is 1. The highest BCUT2D eigenvalue weighted by Gasteiger charge is 2.32. The lowest BCUT2D eigenvalue weighted by Crippen LogP contribution is -2.41. The van der Waals surface area contributed by atoms with Gasteiger partial charge in [0.15, 0.2) is 0 Å². The van der Waals surface area contributed by atoms with Gasteiger partial charge in [-0.3, -0.25) is 4.79 Å². The SMILES string of the molecule is Cc1nc(-c2ccc(F)cc2)sc1C(=O)NC(CN)C1CC1.Cl.Cl. The fourth-order valence-electron chi connectivity index (χ4n) is 2.42. The Morgan fingerprint density at radius 3 is 2.54 bits per heavy atom. The Hall–Kier alpha value is -1.21. The summed E-state index contributed by atoms with van der Waals surface area (Å²) in [5.41, 5.74) is 7.23. The lowest BCUT2D eigenvalue weighted by atomic mass is 10.2. The third kappa shape index (κ3) is 4.66. The van der Waals surface area contributed by atoms with E-state index in [0.717, 1.165) is 23.4 Å². The second-order valence-electron chi connectivity index (χ2n) is 5.59. The van der Waals surface area contributed by atoms with Crippen LogP contribution < -0.4 is 11.1 Å². The van der Waals surface area contributed by atoms with E-state index in [1.54, 1.807) is 12.1 Å². The first kappa shape index (κ1) is 20.8. The van der Waals surface area contributed by atoms with E-state index in [1.807, 2.05) is 6.92 Å². The Morgan fingerprint density at radius 2 is 2.00 bits per heavy atom. The van der Waals surface area contributed by atoms with Crippen molar-refractivity contribution in [1.82, 2.24) is 10.3 Å². The Kier molecular flexibility index (Phi) is 7.60. The molecule has 3 N–H and O–H groups in total. The van der Waals surface area contributed by atoms with Crippen LogP contribution in [0.4, 0.5) is 4.39 Å². The highest BCUT2D eigenvalue weighted by atomic mass is 35.5. The number of rotatable bonds is 5. The average Bonchev–Trinajstić information content (AvgIpc) is 3.27. The van der Waals surface area contributed by atoms with E-state index < -0.39 is 0 Å². The van der Waals surface area contributed by atoms with Gasteiger partial charge in [0, 0.05) is 18.2 Å². The molecule has 1 aliphatic carbocycles. The van der Waals surface area contributed by atoms with E-state index >= 15 is 0 Å². The van der Waals surface area contributed by atoms with Gasteiger partial charge in [-0.05, 0) is 49.9 Å². The van der Waals surface area contributed by atoms with Crippen LogP contribution in [0.15, 0.2) is 24.3 Å². The molecule has 1 fully saturated rings. The van der Waals surface area contributed by atoms with Gasteiger partial charge in [-0.1, -0.05) is 0 Å². The summed E-state index contributed by atoms with van der Waals surface area (Å²) in [5, 5.41) is 3.73. The molecule has 1 atom stereocenters. The molecular weight excluding hydrogens is 372 g/mol. The first-order valence-corrected chi connectivity index (χ1v) is 8.14. The number of carbonyl (C=O) groups excluding carboxylic acids is 1. The Labute approximate surface area is 156 Å². The van der Waals surface area contributed by atoms with Gasteiger partial charge in [-0.2, -0.15) is 0 Å². The molecule has 1 unspecified atom stereocenters. The Morgan fingerprint density at radius 1 is 1.38 bits per heavy atom. The van der Waals surface area contributed by atoms with Crippen molar-refractivity contribution in [2.24, 2.45) is 11.7 Å². The van der Waals surface area contributed by atoms with Gasteiger partial charge in [-0.25, -0.2) is 9.37 Å². The van der Waals surface area contributed by atoms with Gasteiger partial charge in [0.25, 0.3) is 5.91 Å². The smallest absolute Gasteiger partial charge is 0.263 e. The predicted molar refractivity (Wildman–Crippen MR) is 99.8 cm³/mol. The van der Waals surface area contributed by atoms with Gasteiger partial charge in [-0.15, -0.1) is 36.2 Å². The molecule has 1 aliphatic rings. The number of aryl methyl sites for hydroxylation is 1. The zero-order valence-electron chi connectivity index (χ0n) is 13.1. The number of aromatic nitrogens is 1. The van der Waals surface area contributed by atoms with Crippen LogP contribution in [0.5, 0.6) is 0 Å². The maximum atomic E-state index is 13.0.